The minimum absolute atomic E-state index is 0.174. The van der Waals surface area contributed by atoms with Gasteiger partial charge in [0.15, 0.2) is 11.6 Å². The van der Waals surface area contributed by atoms with Crippen LogP contribution in [0.1, 0.15) is 0 Å². The molecule has 19 heavy (non-hydrogen) atoms. The van der Waals surface area contributed by atoms with Gasteiger partial charge in [-0.15, -0.1) is 0 Å². The third-order valence-corrected chi connectivity index (χ3v) is 2.25. The summed E-state index contributed by atoms with van der Waals surface area (Å²) in [5, 5.41) is 10.7. The van der Waals surface area contributed by atoms with Crippen molar-refractivity contribution in [2.75, 3.05) is 0 Å². The lowest BCUT2D eigenvalue weighted by Crippen LogP contribution is -1.97. The van der Waals surface area contributed by atoms with Crippen LogP contribution in [0.4, 0.5) is 18.9 Å². The molecule has 0 radical (unpaired) electrons. The van der Waals surface area contributed by atoms with E-state index in [1.54, 1.807) is 0 Å². The highest BCUT2D eigenvalue weighted by Crippen LogP contribution is 2.33. The SMILES string of the molecule is O=[N+]([O-])c1c(F)cccc1Oc1ccc(F)c(F)c1. The maximum atomic E-state index is 13.3. The predicted octanol–water partition coefficient (Wildman–Crippen LogP) is 3.80. The minimum atomic E-state index is -1.17. The van der Waals surface area contributed by atoms with Crippen LogP contribution in [0.25, 0.3) is 0 Å². The minimum Gasteiger partial charge on any atom is -0.450 e. The molecule has 0 atom stereocenters. The Labute approximate surface area is 105 Å². The number of hydrogen-bond donors (Lipinski definition) is 0. The highest BCUT2D eigenvalue weighted by molar-refractivity contribution is 5.49. The van der Waals surface area contributed by atoms with E-state index in [-0.39, 0.29) is 5.75 Å². The molecule has 0 amide bonds. The predicted molar refractivity (Wildman–Crippen MR) is 59.5 cm³/mol. The number of ether oxygens (including phenoxy) is 1. The van der Waals surface area contributed by atoms with E-state index >= 15 is 0 Å². The Hall–Kier alpha value is -2.57. The molecule has 0 bridgehead atoms. The molecule has 0 aliphatic heterocycles. The lowest BCUT2D eigenvalue weighted by atomic mass is 10.2. The van der Waals surface area contributed by atoms with Gasteiger partial charge in [0.05, 0.1) is 4.92 Å². The number of nitrogens with zero attached hydrogens (tertiary/aromatic N) is 1. The summed E-state index contributed by atoms with van der Waals surface area (Å²) < 4.78 is 44.0. The van der Waals surface area contributed by atoms with E-state index in [9.17, 15) is 23.3 Å². The van der Waals surface area contributed by atoms with Gasteiger partial charge >= 0.3 is 5.69 Å². The lowest BCUT2D eigenvalue weighted by Gasteiger charge is -2.06. The number of nitro benzene ring substituents is 1. The van der Waals surface area contributed by atoms with Crippen LogP contribution >= 0.6 is 0 Å². The third kappa shape index (κ3) is 2.65. The standard InChI is InChI=1S/C12H6F3NO3/c13-8-5-4-7(6-10(8)15)19-11-3-1-2-9(14)12(11)16(17)18/h1-6H. The van der Waals surface area contributed by atoms with Crippen LogP contribution in [0.3, 0.4) is 0 Å². The maximum absolute atomic E-state index is 13.3. The molecule has 0 unspecified atom stereocenters. The Kier molecular flexibility index (Phi) is 3.37. The van der Waals surface area contributed by atoms with Gasteiger partial charge in [0.1, 0.15) is 5.75 Å². The molecule has 0 N–H and O–H groups in total. The second kappa shape index (κ2) is 4.97. The smallest absolute Gasteiger partial charge is 0.346 e. The summed E-state index contributed by atoms with van der Waals surface area (Å²) in [4.78, 5) is 9.75. The monoisotopic (exact) mass is 269 g/mol. The molecule has 0 spiro atoms. The van der Waals surface area contributed by atoms with E-state index < -0.39 is 33.8 Å². The first kappa shape index (κ1) is 12.9. The fraction of sp³-hybridized carbons (Fsp3) is 0. The van der Waals surface area contributed by atoms with Gasteiger partial charge in [0.25, 0.3) is 0 Å². The van der Waals surface area contributed by atoms with E-state index in [0.29, 0.717) is 6.07 Å². The van der Waals surface area contributed by atoms with Crippen LogP contribution in [0.15, 0.2) is 36.4 Å². The number of hydrogen-bond acceptors (Lipinski definition) is 3. The summed E-state index contributed by atoms with van der Waals surface area (Å²) in [5.41, 5.74) is -0.868. The largest absolute Gasteiger partial charge is 0.450 e. The van der Waals surface area contributed by atoms with E-state index in [2.05, 4.69) is 0 Å². The van der Waals surface area contributed by atoms with Crippen molar-refractivity contribution in [2.24, 2.45) is 0 Å². The average Bonchev–Trinajstić information content (AvgIpc) is 2.33. The van der Waals surface area contributed by atoms with Gasteiger partial charge in [0.2, 0.25) is 11.6 Å². The number of nitro groups is 1. The average molecular weight is 269 g/mol. The van der Waals surface area contributed by atoms with Crippen molar-refractivity contribution in [3.05, 3.63) is 64.0 Å². The topological polar surface area (TPSA) is 52.4 Å². The van der Waals surface area contributed by atoms with Gasteiger partial charge in [-0.25, -0.2) is 8.78 Å². The highest BCUT2D eigenvalue weighted by atomic mass is 19.2. The summed E-state index contributed by atoms with van der Waals surface area (Å²) in [5.74, 6) is -3.90. The van der Waals surface area contributed by atoms with Crippen molar-refractivity contribution in [1.29, 1.82) is 0 Å². The van der Waals surface area contributed by atoms with Gasteiger partial charge in [-0.05, 0) is 24.3 Å². The Morgan fingerprint density at radius 3 is 2.37 bits per heavy atom. The molecule has 2 aromatic carbocycles. The summed E-state index contributed by atoms with van der Waals surface area (Å²) in [7, 11) is 0. The quantitative estimate of drug-likeness (QED) is 0.629. The molecule has 0 saturated heterocycles. The van der Waals surface area contributed by atoms with E-state index in [1.807, 2.05) is 0 Å². The Morgan fingerprint density at radius 2 is 1.74 bits per heavy atom. The van der Waals surface area contributed by atoms with Crippen molar-refractivity contribution in [3.8, 4) is 11.5 Å². The molecule has 98 valence electrons. The second-order valence-corrected chi connectivity index (χ2v) is 3.52. The van der Waals surface area contributed by atoms with Gasteiger partial charge in [0, 0.05) is 6.07 Å². The molecule has 0 heterocycles. The van der Waals surface area contributed by atoms with Gasteiger partial charge in [-0.3, -0.25) is 10.1 Å². The molecule has 0 aliphatic carbocycles. The number of halogens is 3. The molecule has 0 saturated carbocycles. The molecule has 2 rings (SSSR count). The van der Waals surface area contributed by atoms with Crippen LogP contribution in [0.2, 0.25) is 0 Å². The third-order valence-electron chi connectivity index (χ3n) is 2.25. The zero-order valence-electron chi connectivity index (χ0n) is 9.27. The maximum Gasteiger partial charge on any atom is 0.346 e. The normalized spacial score (nSPS) is 10.3. The van der Waals surface area contributed by atoms with Crippen LogP contribution in [0.5, 0.6) is 11.5 Å². The fourth-order valence-electron chi connectivity index (χ4n) is 1.42. The summed E-state index contributed by atoms with van der Waals surface area (Å²) in [6, 6.07) is 5.85. The summed E-state index contributed by atoms with van der Waals surface area (Å²) in [6.45, 7) is 0. The fourth-order valence-corrected chi connectivity index (χ4v) is 1.42. The van der Waals surface area contributed by atoms with Crippen LogP contribution < -0.4 is 4.74 Å². The zero-order valence-corrected chi connectivity index (χ0v) is 9.27. The van der Waals surface area contributed by atoms with Crippen molar-refractivity contribution in [1.82, 2.24) is 0 Å². The molecule has 7 heteroatoms. The Morgan fingerprint density at radius 1 is 1.00 bits per heavy atom. The summed E-state index contributed by atoms with van der Waals surface area (Å²) in [6.07, 6.45) is 0. The van der Waals surface area contributed by atoms with Crippen molar-refractivity contribution >= 4 is 5.69 Å². The molecule has 0 aromatic heterocycles. The van der Waals surface area contributed by atoms with Crippen molar-refractivity contribution in [3.63, 3.8) is 0 Å². The van der Waals surface area contributed by atoms with Gasteiger partial charge in [-0.2, -0.15) is 4.39 Å². The highest BCUT2D eigenvalue weighted by Gasteiger charge is 2.21. The van der Waals surface area contributed by atoms with E-state index in [4.69, 9.17) is 4.74 Å². The second-order valence-electron chi connectivity index (χ2n) is 3.52. The molecule has 0 fully saturated rings. The number of rotatable bonds is 3. The molecule has 2 aromatic rings. The number of para-hydroxylation sites is 1. The zero-order chi connectivity index (χ0) is 14.0. The van der Waals surface area contributed by atoms with Crippen LogP contribution in [-0.4, -0.2) is 4.92 Å². The van der Waals surface area contributed by atoms with Crippen molar-refractivity contribution in [2.45, 2.75) is 0 Å². The number of benzene rings is 2. The first-order chi connectivity index (χ1) is 8.99. The summed E-state index contributed by atoms with van der Waals surface area (Å²) >= 11 is 0. The molecule has 0 aliphatic rings. The van der Waals surface area contributed by atoms with E-state index in [0.717, 1.165) is 24.3 Å². The van der Waals surface area contributed by atoms with Crippen LogP contribution in [0, 0.1) is 27.6 Å². The first-order valence-electron chi connectivity index (χ1n) is 5.05. The first-order valence-corrected chi connectivity index (χ1v) is 5.05. The van der Waals surface area contributed by atoms with Crippen LogP contribution in [-0.2, 0) is 0 Å². The molecule has 4 nitrogen and oxygen atoms in total. The van der Waals surface area contributed by atoms with E-state index in [1.165, 1.54) is 6.07 Å². The van der Waals surface area contributed by atoms with Gasteiger partial charge < -0.3 is 4.74 Å². The Balaban J connectivity index is 2.40. The molecular formula is C12H6F3NO3. The van der Waals surface area contributed by atoms with Crippen molar-refractivity contribution < 1.29 is 22.8 Å². The lowest BCUT2D eigenvalue weighted by molar-refractivity contribution is -0.388. The van der Waals surface area contributed by atoms with Gasteiger partial charge in [-0.1, -0.05) is 6.07 Å². The molecular weight excluding hydrogens is 263 g/mol. The Bertz CT molecular complexity index is 646.